The van der Waals surface area contributed by atoms with Crippen LogP contribution in [0.4, 0.5) is 8.78 Å². The van der Waals surface area contributed by atoms with Gasteiger partial charge in [0, 0.05) is 24.6 Å². The Kier molecular flexibility index (Phi) is 4.51. The fraction of sp³-hybridized carbons (Fsp3) is 0.300. The Balaban J connectivity index is 1.46. The highest BCUT2D eigenvalue weighted by molar-refractivity contribution is 5.39. The molecule has 1 fully saturated rings. The van der Waals surface area contributed by atoms with Crippen LogP contribution >= 0.6 is 0 Å². The molecule has 1 aliphatic heterocycles. The van der Waals surface area contributed by atoms with E-state index in [1.165, 1.54) is 18.2 Å². The molecule has 2 heterocycles. The Bertz CT molecular complexity index is 901. The zero-order valence-electron chi connectivity index (χ0n) is 14.6. The van der Waals surface area contributed by atoms with E-state index < -0.39 is 11.6 Å². The van der Waals surface area contributed by atoms with Crippen molar-refractivity contribution in [3.8, 4) is 5.69 Å². The lowest BCUT2D eigenvalue weighted by atomic mass is 9.97. The van der Waals surface area contributed by atoms with Crippen LogP contribution in [0.1, 0.15) is 29.2 Å². The minimum atomic E-state index is -0.456. The summed E-state index contributed by atoms with van der Waals surface area (Å²) >= 11 is 0. The first kappa shape index (κ1) is 16.8. The Morgan fingerprint density at radius 3 is 2.62 bits per heavy atom. The van der Waals surface area contributed by atoms with Crippen LogP contribution in [0.5, 0.6) is 0 Å². The van der Waals surface area contributed by atoms with Crippen molar-refractivity contribution >= 4 is 0 Å². The molecule has 0 N–H and O–H groups in total. The van der Waals surface area contributed by atoms with Crippen molar-refractivity contribution in [3.05, 3.63) is 77.1 Å². The lowest BCUT2D eigenvalue weighted by Crippen LogP contribution is -2.20. The van der Waals surface area contributed by atoms with Crippen molar-refractivity contribution in [2.45, 2.75) is 25.8 Å². The van der Waals surface area contributed by atoms with Crippen LogP contribution in [-0.4, -0.2) is 33.0 Å². The first-order valence-corrected chi connectivity index (χ1v) is 8.75. The normalized spacial score (nSPS) is 17.7. The number of hydrogen-bond acceptors (Lipinski definition) is 3. The van der Waals surface area contributed by atoms with Crippen LogP contribution in [0.25, 0.3) is 5.69 Å². The molecular weight excluding hydrogens is 334 g/mol. The van der Waals surface area contributed by atoms with Gasteiger partial charge in [0.25, 0.3) is 0 Å². The van der Waals surface area contributed by atoms with E-state index in [-0.39, 0.29) is 11.5 Å². The molecule has 0 bridgehead atoms. The second-order valence-corrected chi connectivity index (χ2v) is 6.80. The SMILES string of the molecule is Cc1ccccc1-n1cc(CN2CCC(c3c(F)cccc3F)C2)nn1. The number of hydrogen-bond donors (Lipinski definition) is 0. The van der Waals surface area contributed by atoms with Gasteiger partial charge in [0.1, 0.15) is 11.6 Å². The van der Waals surface area contributed by atoms with Gasteiger partial charge in [-0.3, -0.25) is 4.90 Å². The molecular formula is C20H20F2N4. The van der Waals surface area contributed by atoms with E-state index in [9.17, 15) is 8.78 Å². The molecule has 1 saturated heterocycles. The van der Waals surface area contributed by atoms with Gasteiger partial charge in [0.15, 0.2) is 0 Å². The number of aryl methyl sites for hydroxylation is 1. The van der Waals surface area contributed by atoms with E-state index >= 15 is 0 Å². The van der Waals surface area contributed by atoms with Gasteiger partial charge >= 0.3 is 0 Å². The first-order valence-electron chi connectivity index (χ1n) is 8.75. The van der Waals surface area contributed by atoms with Crippen molar-refractivity contribution in [3.63, 3.8) is 0 Å². The number of rotatable bonds is 4. The maximum absolute atomic E-state index is 14.0. The number of para-hydroxylation sites is 1. The summed E-state index contributed by atoms with van der Waals surface area (Å²) in [5.41, 5.74) is 3.18. The molecule has 2 aromatic carbocycles. The summed E-state index contributed by atoms with van der Waals surface area (Å²) < 4.78 is 29.8. The molecule has 1 aliphatic rings. The zero-order chi connectivity index (χ0) is 18.1. The molecule has 6 heteroatoms. The largest absolute Gasteiger partial charge is 0.297 e. The van der Waals surface area contributed by atoms with Crippen LogP contribution in [0.15, 0.2) is 48.7 Å². The minimum absolute atomic E-state index is 0.123. The maximum Gasteiger partial charge on any atom is 0.129 e. The van der Waals surface area contributed by atoms with Crippen LogP contribution in [-0.2, 0) is 6.54 Å². The van der Waals surface area contributed by atoms with Crippen LogP contribution < -0.4 is 0 Å². The summed E-state index contributed by atoms with van der Waals surface area (Å²) in [5.74, 6) is -1.03. The molecule has 3 aromatic rings. The van der Waals surface area contributed by atoms with E-state index in [1.54, 1.807) is 4.68 Å². The standard InChI is InChI=1S/C20H20F2N4/c1-14-5-2-3-8-19(14)26-13-16(23-24-26)12-25-10-9-15(11-25)20-17(21)6-4-7-18(20)22/h2-8,13,15H,9-12H2,1H3. The Hall–Kier alpha value is -2.60. The van der Waals surface area contributed by atoms with Gasteiger partial charge in [0.2, 0.25) is 0 Å². The van der Waals surface area contributed by atoms with E-state index in [0.29, 0.717) is 13.1 Å². The third-order valence-electron chi connectivity index (χ3n) is 4.97. The number of halogens is 2. The lowest BCUT2D eigenvalue weighted by Gasteiger charge is -2.15. The van der Waals surface area contributed by atoms with Crippen molar-refractivity contribution in [1.29, 1.82) is 0 Å². The fourth-order valence-electron chi connectivity index (χ4n) is 3.65. The van der Waals surface area contributed by atoms with E-state index in [1.807, 2.05) is 37.4 Å². The van der Waals surface area contributed by atoms with Crippen molar-refractivity contribution < 1.29 is 8.78 Å². The molecule has 0 saturated carbocycles. The molecule has 1 atom stereocenters. The third-order valence-corrected chi connectivity index (χ3v) is 4.97. The van der Waals surface area contributed by atoms with Gasteiger partial charge < -0.3 is 0 Å². The van der Waals surface area contributed by atoms with Gasteiger partial charge in [-0.2, -0.15) is 0 Å². The summed E-state index contributed by atoms with van der Waals surface area (Å²) in [7, 11) is 0. The summed E-state index contributed by atoms with van der Waals surface area (Å²) in [6, 6.07) is 12.1. The van der Waals surface area contributed by atoms with Crippen LogP contribution in [0.2, 0.25) is 0 Å². The maximum atomic E-state index is 14.0. The highest BCUT2D eigenvalue weighted by atomic mass is 19.1. The molecule has 134 valence electrons. The third kappa shape index (κ3) is 3.24. The van der Waals surface area contributed by atoms with Crippen molar-refractivity contribution in [1.82, 2.24) is 19.9 Å². The zero-order valence-corrected chi connectivity index (χ0v) is 14.6. The van der Waals surface area contributed by atoms with Gasteiger partial charge in [-0.15, -0.1) is 5.10 Å². The Labute approximate surface area is 151 Å². The van der Waals surface area contributed by atoms with Gasteiger partial charge in [-0.1, -0.05) is 29.5 Å². The number of benzene rings is 2. The predicted octanol–water partition coefficient (Wildman–Crippen LogP) is 3.84. The summed E-state index contributed by atoms with van der Waals surface area (Å²) in [4.78, 5) is 2.17. The second kappa shape index (κ2) is 6.96. The average Bonchev–Trinajstić information content (AvgIpc) is 3.26. The van der Waals surface area contributed by atoms with E-state index in [4.69, 9.17) is 0 Å². The van der Waals surface area contributed by atoms with Gasteiger partial charge in [-0.25, -0.2) is 13.5 Å². The molecule has 0 radical (unpaired) electrons. The van der Waals surface area contributed by atoms with E-state index in [0.717, 1.165) is 29.9 Å². The first-order chi connectivity index (χ1) is 12.6. The molecule has 4 nitrogen and oxygen atoms in total. The van der Waals surface area contributed by atoms with Crippen molar-refractivity contribution in [2.75, 3.05) is 13.1 Å². The van der Waals surface area contributed by atoms with Crippen LogP contribution in [0.3, 0.4) is 0 Å². The summed E-state index contributed by atoms with van der Waals surface area (Å²) in [6.45, 7) is 4.06. The topological polar surface area (TPSA) is 34.0 Å². The number of nitrogens with zero attached hydrogens (tertiary/aromatic N) is 4. The lowest BCUT2D eigenvalue weighted by molar-refractivity contribution is 0.321. The highest BCUT2D eigenvalue weighted by Gasteiger charge is 2.28. The second-order valence-electron chi connectivity index (χ2n) is 6.80. The molecule has 4 rings (SSSR count). The minimum Gasteiger partial charge on any atom is -0.297 e. The molecule has 1 aromatic heterocycles. The average molecular weight is 354 g/mol. The monoisotopic (exact) mass is 354 g/mol. The Morgan fingerprint density at radius 2 is 1.85 bits per heavy atom. The summed E-state index contributed by atoms with van der Waals surface area (Å²) in [5, 5.41) is 8.47. The van der Waals surface area contributed by atoms with Gasteiger partial charge in [0.05, 0.1) is 17.6 Å². The quantitative estimate of drug-likeness (QED) is 0.714. The van der Waals surface area contributed by atoms with Crippen molar-refractivity contribution in [2.24, 2.45) is 0 Å². The van der Waals surface area contributed by atoms with Crippen LogP contribution in [0, 0.1) is 18.6 Å². The fourth-order valence-corrected chi connectivity index (χ4v) is 3.65. The summed E-state index contributed by atoms with van der Waals surface area (Å²) in [6.07, 6.45) is 2.66. The van der Waals surface area contributed by atoms with E-state index in [2.05, 4.69) is 15.2 Å². The highest BCUT2D eigenvalue weighted by Crippen LogP contribution is 2.31. The predicted molar refractivity (Wildman–Crippen MR) is 95.1 cm³/mol. The Morgan fingerprint density at radius 1 is 1.08 bits per heavy atom. The number of aromatic nitrogens is 3. The van der Waals surface area contributed by atoms with Gasteiger partial charge in [-0.05, 0) is 43.7 Å². The number of likely N-dealkylation sites (tertiary alicyclic amines) is 1. The molecule has 0 amide bonds. The molecule has 26 heavy (non-hydrogen) atoms. The molecule has 0 aliphatic carbocycles. The molecule has 0 spiro atoms. The smallest absolute Gasteiger partial charge is 0.129 e. The molecule has 1 unspecified atom stereocenters.